The molecule has 0 bridgehead atoms. The zero-order chi connectivity index (χ0) is 15.4. The maximum absolute atomic E-state index is 12.2. The van der Waals surface area contributed by atoms with E-state index >= 15 is 0 Å². The number of hydrogen-bond acceptors (Lipinski definition) is 4. The number of hydrogen-bond donors (Lipinski definition) is 1. The van der Waals surface area contributed by atoms with E-state index in [4.69, 9.17) is 0 Å². The minimum atomic E-state index is -0.488. The van der Waals surface area contributed by atoms with Gasteiger partial charge < -0.3 is 5.32 Å². The molecule has 21 heavy (non-hydrogen) atoms. The van der Waals surface area contributed by atoms with Gasteiger partial charge in [-0.1, -0.05) is 6.07 Å². The third kappa shape index (κ3) is 3.07. The SMILES string of the molecule is CCn1nccc1CNC(=O)c1cccc([N+](=O)[O-])c1C. The molecule has 1 N–H and O–H groups in total. The number of carbonyl (C=O) groups excluding carboxylic acids is 1. The van der Waals surface area contributed by atoms with Crippen LogP contribution in [0.15, 0.2) is 30.5 Å². The van der Waals surface area contributed by atoms with Crippen molar-refractivity contribution in [3.63, 3.8) is 0 Å². The van der Waals surface area contributed by atoms with Crippen molar-refractivity contribution in [1.29, 1.82) is 0 Å². The van der Waals surface area contributed by atoms with Crippen molar-refractivity contribution in [3.8, 4) is 0 Å². The van der Waals surface area contributed by atoms with Crippen LogP contribution in [0.2, 0.25) is 0 Å². The zero-order valence-electron chi connectivity index (χ0n) is 11.9. The van der Waals surface area contributed by atoms with E-state index in [9.17, 15) is 14.9 Å². The predicted molar refractivity (Wildman–Crippen MR) is 76.9 cm³/mol. The van der Waals surface area contributed by atoms with Crippen LogP contribution in [0.5, 0.6) is 0 Å². The lowest BCUT2D eigenvalue weighted by Gasteiger charge is -2.09. The molecule has 7 heteroatoms. The Bertz CT molecular complexity index is 679. The number of carbonyl (C=O) groups is 1. The lowest BCUT2D eigenvalue weighted by molar-refractivity contribution is -0.385. The van der Waals surface area contributed by atoms with Crippen molar-refractivity contribution in [2.45, 2.75) is 26.9 Å². The van der Waals surface area contributed by atoms with Gasteiger partial charge in [-0.15, -0.1) is 0 Å². The first-order valence-electron chi connectivity index (χ1n) is 6.57. The first kappa shape index (κ1) is 14.7. The van der Waals surface area contributed by atoms with Gasteiger partial charge in [0.1, 0.15) is 0 Å². The summed E-state index contributed by atoms with van der Waals surface area (Å²) in [5.41, 5.74) is 1.51. The van der Waals surface area contributed by atoms with E-state index in [1.165, 1.54) is 12.1 Å². The molecule has 0 aliphatic rings. The van der Waals surface area contributed by atoms with E-state index < -0.39 is 4.92 Å². The number of nitro groups is 1. The summed E-state index contributed by atoms with van der Waals surface area (Å²) in [6.45, 7) is 4.58. The molecular formula is C14H16N4O3. The molecule has 0 spiro atoms. The quantitative estimate of drug-likeness (QED) is 0.673. The number of nitro benzene ring substituents is 1. The van der Waals surface area contributed by atoms with Crippen LogP contribution in [0.1, 0.15) is 28.5 Å². The van der Waals surface area contributed by atoms with Crippen LogP contribution in [0, 0.1) is 17.0 Å². The topological polar surface area (TPSA) is 90.1 Å². The van der Waals surface area contributed by atoms with Crippen LogP contribution in [0.25, 0.3) is 0 Å². The summed E-state index contributed by atoms with van der Waals surface area (Å²) in [7, 11) is 0. The van der Waals surface area contributed by atoms with E-state index in [1.807, 2.05) is 13.0 Å². The van der Waals surface area contributed by atoms with Crippen molar-refractivity contribution in [2.75, 3.05) is 0 Å². The molecule has 0 aliphatic carbocycles. The van der Waals surface area contributed by atoms with Crippen LogP contribution in [-0.4, -0.2) is 20.6 Å². The Morgan fingerprint density at radius 1 is 1.43 bits per heavy atom. The van der Waals surface area contributed by atoms with Gasteiger partial charge in [0.05, 0.1) is 17.2 Å². The molecule has 1 heterocycles. The summed E-state index contributed by atoms with van der Waals surface area (Å²) in [6, 6.07) is 6.30. The number of benzene rings is 1. The lowest BCUT2D eigenvalue weighted by atomic mass is 10.1. The van der Waals surface area contributed by atoms with E-state index in [1.54, 1.807) is 23.9 Å². The maximum atomic E-state index is 12.2. The minimum Gasteiger partial charge on any atom is -0.346 e. The van der Waals surface area contributed by atoms with Gasteiger partial charge in [0.25, 0.3) is 11.6 Å². The van der Waals surface area contributed by atoms with Crippen LogP contribution in [0.3, 0.4) is 0 Å². The van der Waals surface area contributed by atoms with Crippen molar-refractivity contribution in [2.24, 2.45) is 0 Å². The molecule has 0 radical (unpaired) electrons. The van der Waals surface area contributed by atoms with Crippen LogP contribution < -0.4 is 5.32 Å². The summed E-state index contributed by atoms with van der Waals surface area (Å²) in [6.07, 6.45) is 1.67. The fourth-order valence-electron chi connectivity index (χ4n) is 2.13. The molecule has 0 unspecified atom stereocenters. The minimum absolute atomic E-state index is 0.0544. The molecule has 110 valence electrons. The molecule has 0 aliphatic heterocycles. The van der Waals surface area contributed by atoms with Gasteiger partial charge in [0.2, 0.25) is 0 Å². The Kier molecular flexibility index (Phi) is 4.32. The normalized spacial score (nSPS) is 10.4. The van der Waals surface area contributed by atoms with E-state index in [0.717, 1.165) is 5.69 Å². The summed E-state index contributed by atoms with van der Waals surface area (Å²) in [5, 5.41) is 17.8. The Morgan fingerprint density at radius 3 is 2.86 bits per heavy atom. The fourth-order valence-corrected chi connectivity index (χ4v) is 2.13. The maximum Gasteiger partial charge on any atom is 0.273 e. The van der Waals surface area contributed by atoms with Gasteiger partial charge in [-0.05, 0) is 26.0 Å². The smallest absolute Gasteiger partial charge is 0.273 e. The molecule has 2 rings (SSSR count). The van der Waals surface area contributed by atoms with Gasteiger partial charge in [0, 0.05) is 29.9 Å². The Balaban J connectivity index is 2.14. The fraction of sp³-hybridized carbons (Fsp3) is 0.286. The van der Waals surface area contributed by atoms with E-state index in [-0.39, 0.29) is 11.6 Å². The second-order valence-electron chi connectivity index (χ2n) is 4.53. The monoisotopic (exact) mass is 288 g/mol. The first-order valence-corrected chi connectivity index (χ1v) is 6.57. The van der Waals surface area contributed by atoms with Crippen LogP contribution in [-0.2, 0) is 13.1 Å². The highest BCUT2D eigenvalue weighted by atomic mass is 16.6. The van der Waals surface area contributed by atoms with E-state index in [0.29, 0.717) is 24.2 Å². The van der Waals surface area contributed by atoms with Crippen molar-refractivity contribution < 1.29 is 9.72 Å². The standard InChI is InChI=1S/C14H16N4O3/c1-3-17-11(7-8-16-17)9-15-14(19)12-5-4-6-13(10(12)2)18(20)21/h4-8H,3,9H2,1-2H3,(H,15,19). The van der Waals surface area contributed by atoms with Gasteiger partial charge >= 0.3 is 0 Å². The molecule has 1 aromatic carbocycles. The van der Waals surface area contributed by atoms with Gasteiger partial charge in [-0.3, -0.25) is 19.6 Å². The van der Waals surface area contributed by atoms with Crippen LogP contribution in [0.4, 0.5) is 5.69 Å². The van der Waals surface area contributed by atoms with Gasteiger partial charge in [0.15, 0.2) is 0 Å². The molecule has 1 aromatic heterocycles. The summed E-state index contributed by atoms with van der Waals surface area (Å²) in [4.78, 5) is 22.6. The highest BCUT2D eigenvalue weighted by molar-refractivity contribution is 5.96. The average molecular weight is 288 g/mol. The Morgan fingerprint density at radius 2 is 2.19 bits per heavy atom. The molecule has 7 nitrogen and oxygen atoms in total. The third-order valence-corrected chi connectivity index (χ3v) is 3.28. The summed E-state index contributed by atoms with van der Waals surface area (Å²) < 4.78 is 1.78. The largest absolute Gasteiger partial charge is 0.346 e. The van der Waals surface area contributed by atoms with Crippen molar-refractivity contribution in [1.82, 2.24) is 15.1 Å². The molecule has 0 fully saturated rings. The van der Waals surface area contributed by atoms with Gasteiger partial charge in [-0.2, -0.15) is 5.10 Å². The second kappa shape index (κ2) is 6.17. The molecule has 2 aromatic rings. The number of amides is 1. The molecular weight excluding hydrogens is 272 g/mol. The van der Waals surface area contributed by atoms with Crippen molar-refractivity contribution >= 4 is 11.6 Å². The zero-order valence-corrected chi connectivity index (χ0v) is 11.9. The molecule has 1 amide bonds. The number of aryl methyl sites for hydroxylation is 1. The summed E-state index contributed by atoms with van der Waals surface area (Å²) in [5.74, 6) is -0.333. The number of nitrogens with one attached hydrogen (secondary N) is 1. The number of aromatic nitrogens is 2. The molecule has 0 saturated heterocycles. The summed E-state index contributed by atoms with van der Waals surface area (Å²) >= 11 is 0. The third-order valence-electron chi connectivity index (χ3n) is 3.28. The van der Waals surface area contributed by atoms with Gasteiger partial charge in [-0.25, -0.2) is 0 Å². The number of nitrogens with zero attached hydrogens (tertiary/aromatic N) is 3. The van der Waals surface area contributed by atoms with Crippen molar-refractivity contribution in [3.05, 3.63) is 57.4 Å². The second-order valence-corrected chi connectivity index (χ2v) is 4.53. The average Bonchev–Trinajstić information content (AvgIpc) is 2.92. The van der Waals surface area contributed by atoms with Crippen LogP contribution >= 0.6 is 0 Å². The highest BCUT2D eigenvalue weighted by Crippen LogP contribution is 2.20. The lowest BCUT2D eigenvalue weighted by Crippen LogP contribution is -2.25. The Hall–Kier alpha value is -2.70. The first-order chi connectivity index (χ1) is 10.0. The Labute approximate surface area is 121 Å². The molecule has 0 atom stereocenters. The van der Waals surface area contributed by atoms with E-state index in [2.05, 4.69) is 10.4 Å². The molecule has 0 saturated carbocycles. The number of rotatable bonds is 5. The predicted octanol–water partition coefficient (Wildman–Crippen LogP) is 2.05. The highest BCUT2D eigenvalue weighted by Gasteiger charge is 2.17.